The van der Waals surface area contributed by atoms with E-state index in [1.807, 2.05) is 4.90 Å². The summed E-state index contributed by atoms with van der Waals surface area (Å²) in [6.07, 6.45) is 39.1. The van der Waals surface area contributed by atoms with Crippen molar-refractivity contribution in [1.29, 1.82) is 0 Å². The number of carbonyl (C=O) groups excluding carboxylic acids is 2. The number of nitrogens with zero attached hydrogens (tertiary/aromatic N) is 1. The van der Waals surface area contributed by atoms with E-state index in [4.69, 9.17) is 9.47 Å². The number of carbonyl (C=O) groups is 2. The van der Waals surface area contributed by atoms with E-state index in [0.717, 1.165) is 89.1 Å². The van der Waals surface area contributed by atoms with Crippen molar-refractivity contribution in [3.63, 3.8) is 0 Å². The second-order valence-corrected chi connectivity index (χ2v) is 16.1. The highest BCUT2D eigenvalue weighted by Crippen LogP contribution is 2.33. The van der Waals surface area contributed by atoms with Gasteiger partial charge in [0.25, 0.3) is 0 Å². The van der Waals surface area contributed by atoms with Crippen LogP contribution in [0.25, 0.3) is 0 Å². The van der Waals surface area contributed by atoms with E-state index < -0.39 is 7.60 Å². The second kappa shape index (κ2) is 38.3. The van der Waals surface area contributed by atoms with Crippen LogP contribution in [0.5, 0.6) is 0 Å². The number of aldehydes is 1. The monoisotopic (exact) mass is 742 g/mol. The number of ether oxygens (including phenoxy) is 2. The molecule has 0 aliphatic rings. The van der Waals surface area contributed by atoms with Gasteiger partial charge in [0.2, 0.25) is 0 Å². The first-order valence-electron chi connectivity index (χ1n) is 21.1. The summed E-state index contributed by atoms with van der Waals surface area (Å²) < 4.78 is 23.3. The first kappa shape index (κ1) is 49.5. The number of allylic oxidation sites excluding steroid dienone is 4. The third-order valence-corrected chi connectivity index (χ3v) is 10.2. The van der Waals surface area contributed by atoms with Crippen molar-refractivity contribution in [3.8, 4) is 0 Å². The predicted molar refractivity (Wildman–Crippen MR) is 214 cm³/mol. The van der Waals surface area contributed by atoms with E-state index in [2.05, 4.69) is 32.1 Å². The fourth-order valence-corrected chi connectivity index (χ4v) is 6.64. The van der Waals surface area contributed by atoms with Crippen LogP contribution >= 0.6 is 7.60 Å². The van der Waals surface area contributed by atoms with E-state index in [-0.39, 0.29) is 25.3 Å². The van der Waals surface area contributed by atoms with Gasteiger partial charge in [0, 0.05) is 38.9 Å². The van der Waals surface area contributed by atoms with Crippen molar-refractivity contribution in [2.75, 3.05) is 39.0 Å². The third-order valence-electron chi connectivity index (χ3n) is 9.39. The molecule has 0 bridgehead atoms. The maximum Gasteiger partial charge on any atom is 0.326 e. The minimum absolute atomic E-state index is 0.204. The molecule has 0 aliphatic heterocycles. The summed E-state index contributed by atoms with van der Waals surface area (Å²) >= 11 is 0. The first-order chi connectivity index (χ1) is 24.8. The van der Waals surface area contributed by atoms with E-state index >= 15 is 0 Å². The Morgan fingerprint density at radius 3 is 1.55 bits per heavy atom. The zero-order valence-electron chi connectivity index (χ0n) is 33.2. The van der Waals surface area contributed by atoms with E-state index in [9.17, 15) is 23.9 Å². The van der Waals surface area contributed by atoms with Crippen molar-refractivity contribution in [2.24, 2.45) is 0 Å². The fourth-order valence-electron chi connectivity index (χ4n) is 6.09. The molecule has 0 saturated carbocycles. The molecule has 51 heavy (non-hydrogen) atoms. The first-order valence-corrected chi connectivity index (χ1v) is 22.9. The zero-order valence-corrected chi connectivity index (χ0v) is 34.1. The number of esters is 1. The standard InChI is InChI=1S/C42H80NO7P/c1-3-5-7-9-11-12-13-14-15-16-17-18-20-25-29-33-42(45)50-39-35-43(36-40-51(46,47)48)34-38-49-41(31-27-23-19-10-8-6-4-2)32-28-24-21-22-26-30-37-44/h14-15,31,37H,3-13,16-30,32-36,38-40H2,1-2H3,(H2,46,47,48). The Morgan fingerprint density at radius 1 is 0.569 bits per heavy atom. The lowest BCUT2D eigenvalue weighted by Gasteiger charge is -2.23. The van der Waals surface area contributed by atoms with Crippen molar-refractivity contribution in [1.82, 2.24) is 4.90 Å². The molecule has 9 heteroatoms. The molecule has 8 nitrogen and oxygen atoms in total. The van der Waals surface area contributed by atoms with Crippen molar-refractivity contribution < 1.29 is 33.4 Å². The van der Waals surface area contributed by atoms with E-state index in [1.165, 1.54) is 89.9 Å². The second-order valence-electron chi connectivity index (χ2n) is 14.3. The normalized spacial score (nSPS) is 12.3. The van der Waals surface area contributed by atoms with Crippen LogP contribution in [-0.2, 0) is 23.6 Å². The van der Waals surface area contributed by atoms with E-state index in [1.54, 1.807) is 0 Å². The minimum atomic E-state index is -4.14. The third kappa shape index (κ3) is 39.6. The molecule has 0 rings (SSSR count). The van der Waals surface area contributed by atoms with Crippen molar-refractivity contribution >= 4 is 19.9 Å². The molecule has 0 aromatic carbocycles. The van der Waals surface area contributed by atoms with E-state index in [0.29, 0.717) is 32.5 Å². The predicted octanol–water partition coefficient (Wildman–Crippen LogP) is 11.6. The smallest absolute Gasteiger partial charge is 0.326 e. The van der Waals surface area contributed by atoms with Gasteiger partial charge in [-0.1, -0.05) is 129 Å². The van der Waals surface area contributed by atoms with Crippen molar-refractivity contribution in [2.45, 2.75) is 194 Å². The fraction of sp³-hybridized carbons (Fsp3) is 0.857. The van der Waals surface area contributed by atoms with Crippen LogP contribution in [0.3, 0.4) is 0 Å². The summed E-state index contributed by atoms with van der Waals surface area (Å²) in [5, 5.41) is 0. The average molecular weight is 742 g/mol. The summed E-state index contributed by atoms with van der Waals surface area (Å²) in [4.78, 5) is 43.8. The summed E-state index contributed by atoms with van der Waals surface area (Å²) in [5.41, 5.74) is 0. The summed E-state index contributed by atoms with van der Waals surface area (Å²) in [7, 11) is -4.14. The molecule has 0 atom stereocenters. The van der Waals surface area contributed by atoms with Crippen LogP contribution < -0.4 is 0 Å². The Bertz CT molecular complexity index is 888. The zero-order chi connectivity index (χ0) is 37.5. The average Bonchev–Trinajstić information content (AvgIpc) is 3.10. The van der Waals surface area contributed by atoms with Crippen LogP contribution in [0.2, 0.25) is 0 Å². The van der Waals surface area contributed by atoms with Gasteiger partial charge in [0.1, 0.15) is 19.5 Å². The Balaban J connectivity index is 4.43. The molecule has 0 spiro atoms. The van der Waals surface area contributed by atoms with Crippen LogP contribution in [0.1, 0.15) is 194 Å². The lowest BCUT2D eigenvalue weighted by Crippen LogP contribution is -2.34. The highest BCUT2D eigenvalue weighted by atomic mass is 31.2. The largest absolute Gasteiger partial charge is 0.497 e. The summed E-state index contributed by atoms with van der Waals surface area (Å²) in [5.74, 6) is 0.794. The van der Waals surface area contributed by atoms with Crippen LogP contribution in [-0.4, -0.2) is 66.0 Å². The molecule has 2 N–H and O–H groups in total. The molecule has 0 heterocycles. The van der Waals surface area contributed by atoms with Gasteiger partial charge in [-0.2, -0.15) is 0 Å². The summed E-state index contributed by atoms with van der Waals surface area (Å²) in [6.45, 7) is 6.26. The number of unbranched alkanes of at least 4 members (excludes halogenated alkanes) is 22. The van der Waals surface area contributed by atoms with Gasteiger partial charge in [0.05, 0.1) is 11.9 Å². The number of hydrogen-bond acceptors (Lipinski definition) is 6. The molecular formula is C42H80NO7P. The Hall–Kier alpha value is -1.47. The lowest BCUT2D eigenvalue weighted by molar-refractivity contribution is -0.144. The maximum absolute atomic E-state index is 12.4. The molecule has 0 aliphatic carbocycles. The van der Waals surface area contributed by atoms with Gasteiger partial charge in [-0.15, -0.1) is 0 Å². The van der Waals surface area contributed by atoms with Crippen LogP contribution in [0.4, 0.5) is 0 Å². The number of rotatable bonds is 40. The number of hydrogen-bond donors (Lipinski definition) is 2. The highest BCUT2D eigenvalue weighted by molar-refractivity contribution is 7.51. The molecule has 0 unspecified atom stereocenters. The molecule has 0 aromatic heterocycles. The van der Waals surface area contributed by atoms with Gasteiger partial charge in [-0.05, 0) is 63.9 Å². The van der Waals surface area contributed by atoms with Crippen LogP contribution in [0.15, 0.2) is 24.0 Å². The van der Waals surface area contributed by atoms with Gasteiger partial charge >= 0.3 is 13.6 Å². The SMILES string of the molecule is CCCCCCCCC=CCCCCCCCC(=O)OCCN(CCOC(=CCCCCCCCC)CCCCCCCC=O)CCP(=O)(O)O. The molecule has 300 valence electrons. The quantitative estimate of drug-likeness (QED) is 0.0159. The molecule has 0 aromatic rings. The minimum Gasteiger partial charge on any atom is -0.497 e. The molecule has 0 saturated heterocycles. The molecule has 0 radical (unpaired) electrons. The summed E-state index contributed by atoms with van der Waals surface area (Å²) in [6, 6.07) is 0. The van der Waals surface area contributed by atoms with Crippen LogP contribution in [0, 0.1) is 0 Å². The van der Waals surface area contributed by atoms with Crippen molar-refractivity contribution in [3.05, 3.63) is 24.0 Å². The Labute approximate surface area is 314 Å². The van der Waals surface area contributed by atoms with Gasteiger partial charge in [-0.3, -0.25) is 14.3 Å². The topological polar surface area (TPSA) is 113 Å². The molecular weight excluding hydrogens is 661 g/mol. The Morgan fingerprint density at radius 2 is 1.02 bits per heavy atom. The maximum atomic E-state index is 12.4. The molecule has 0 fully saturated rings. The van der Waals surface area contributed by atoms with Gasteiger partial charge in [0.15, 0.2) is 0 Å². The molecule has 0 amide bonds. The van der Waals surface area contributed by atoms with Gasteiger partial charge in [-0.25, -0.2) is 0 Å². The lowest BCUT2D eigenvalue weighted by atomic mass is 10.1. The van der Waals surface area contributed by atoms with Gasteiger partial charge < -0.3 is 24.1 Å². The Kier molecular flexibility index (Phi) is 37.2. The highest BCUT2D eigenvalue weighted by Gasteiger charge is 2.16.